The van der Waals surface area contributed by atoms with Gasteiger partial charge >= 0.3 is 6.18 Å². The van der Waals surface area contributed by atoms with E-state index in [0.717, 1.165) is 39.3 Å². The Kier molecular flexibility index (Phi) is 4.64. The Morgan fingerprint density at radius 2 is 1.72 bits per heavy atom. The number of rotatable bonds is 3. The lowest BCUT2D eigenvalue weighted by Gasteiger charge is -2.32. The maximum atomic E-state index is 12.4. The third-order valence-corrected chi connectivity index (χ3v) is 3.60. The SMILES string of the molecule is FC(F)(F)C1=CCN(CCN2CCNCC2)CC1. The molecule has 0 bridgehead atoms. The maximum absolute atomic E-state index is 12.4. The molecule has 0 aromatic rings. The first kappa shape index (κ1) is 13.8. The van der Waals surface area contributed by atoms with Crippen molar-refractivity contribution in [2.45, 2.75) is 12.6 Å². The van der Waals surface area contributed by atoms with E-state index in [9.17, 15) is 13.2 Å². The van der Waals surface area contributed by atoms with E-state index in [-0.39, 0.29) is 12.0 Å². The molecule has 0 aliphatic carbocycles. The third kappa shape index (κ3) is 3.96. The van der Waals surface area contributed by atoms with Gasteiger partial charge in [-0.15, -0.1) is 0 Å². The molecular formula is C12H20F3N3. The summed E-state index contributed by atoms with van der Waals surface area (Å²) in [6.07, 6.45) is -2.67. The molecule has 104 valence electrons. The fourth-order valence-corrected chi connectivity index (χ4v) is 2.39. The van der Waals surface area contributed by atoms with Gasteiger partial charge in [-0.05, 0) is 6.42 Å². The van der Waals surface area contributed by atoms with Gasteiger partial charge in [0.25, 0.3) is 0 Å². The minimum absolute atomic E-state index is 0.130. The molecular weight excluding hydrogens is 243 g/mol. The summed E-state index contributed by atoms with van der Waals surface area (Å²) in [7, 11) is 0. The van der Waals surface area contributed by atoms with Crippen LogP contribution >= 0.6 is 0 Å². The summed E-state index contributed by atoms with van der Waals surface area (Å²) in [6, 6.07) is 0. The normalized spacial score (nSPS) is 24.1. The highest BCUT2D eigenvalue weighted by Crippen LogP contribution is 2.29. The van der Waals surface area contributed by atoms with Crippen molar-refractivity contribution in [1.82, 2.24) is 15.1 Å². The van der Waals surface area contributed by atoms with Crippen molar-refractivity contribution in [2.24, 2.45) is 0 Å². The fourth-order valence-electron chi connectivity index (χ4n) is 2.39. The first-order valence-electron chi connectivity index (χ1n) is 6.47. The zero-order chi connectivity index (χ0) is 13.0. The van der Waals surface area contributed by atoms with E-state index in [1.807, 2.05) is 0 Å². The molecule has 0 radical (unpaired) electrons. The zero-order valence-electron chi connectivity index (χ0n) is 10.5. The van der Waals surface area contributed by atoms with Crippen LogP contribution in [0, 0.1) is 0 Å². The van der Waals surface area contributed by atoms with E-state index in [2.05, 4.69) is 15.1 Å². The second-order valence-corrected chi connectivity index (χ2v) is 4.87. The van der Waals surface area contributed by atoms with Crippen molar-refractivity contribution in [3.8, 4) is 0 Å². The lowest BCUT2D eigenvalue weighted by atomic mass is 10.1. The quantitative estimate of drug-likeness (QED) is 0.769. The molecule has 0 amide bonds. The van der Waals surface area contributed by atoms with Crippen molar-refractivity contribution in [3.05, 3.63) is 11.6 Å². The predicted octanol–water partition coefficient (Wildman–Crippen LogP) is 1.09. The highest BCUT2D eigenvalue weighted by atomic mass is 19.4. The molecule has 2 aliphatic heterocycles. The smallest absolute Gasteiger partial charge is 0.314 e. The molecule has 0 aromatic heterocycles. The summed E-state index contributed by atoms with van der Waals surface area (Å²) < 4.78 is 37.3. The lowest BCUT2D eigenvalue weighted by molar-refractivity contribution is -0.0960. The van der Waals surface area contributed by atoms with Gasteiger partial charge in [0, 0.05) is 57.9 Å². The minimum atomic E-state index is -4.13. The molecule has 1 N–H and O–H groups in total. The van der Waals surface area contributed by atoms with Crippen molar-refractivity contribution < 1.29 is 13.2 Å². The van der Waals surface area contributed by atoms with Crippen LogP contribution in [0.4, 0.5) is 13.2 Å². The number of halogens is 3. The number of hydrogen-bond acceptors (Lipinski definition) is 3. The molecule has 6 heteroatoms. The standard InChI is InChI=1S/C12H20F3N3/c13-12(14,15)11-1-5-17(6-2-11)9-10-18-7-3-16-4-8-18/h1,16H,2-10H2. The zero-order valence-corrected chi connectivity index (χ0v) is 10.5. The second-order valence-electron chi connectivity index (χ2n) is 4.87. The number of hydrogen-bond donors (Lipinski definition) is 1. The van der Waals surface area contributed by atoms with Gasteiger partial charge in [-0.1, -0.05) is 6.08 Å². The van der Waals surface area contributed by atoms with Crippen LogP contribution in [0.25, 0.3) is 0 Å². The highest BCUT2D eigenvalue weighted by molar-refractivity contribution is 5.12. The van der Waals surface area contributed by atoms with E-state index < -0.39 is 6.18 Å². The van der Waals surface area contributed by atoms with Crippen LogP contribution in [-0.2, 0) is 0 Å². The predicted molar refractivity (Wildman–Crippen MR) is 64.5 cm³/mol. The highest BCUT2D eigenvalue weighted by Gasteiger charge is 2.34. The topological polar surface area (TPSA) is 18.5 Å². The van der Waals surface area contributed by atoms with Crippen LogP contribution in [0.15, 0.2) is 11.6 Å². The van der Waals surface area contributed by atoms with Gasteiger partial charge in [0.15, 0.2) is 0 Å². The maximum Gasteiger partial charge on any atom is 0.412 e. The first-order chi connectivity index (χ1) is 8.55. The van der Waals surface area contributed by atoms with Gasteiger partial charge in [0.05, 0.1) is 0 Å². The van der Waals surface area contributed by atoms with E-state index >= 15 is 0 Å². The van der Waals surface area contributed by atoms with Crippen LogP contribution in [-0.4, -0.2) is 68.3 Å². The van der Waals surface area contributed by atoms with Crippen molar-refractivity contribution in [3.63, 3.8) is 0 Å². The average molecular weight is 263 g/mol. The molecule has 18 heavy (non-hydrogen) atoms. The summed E-state index contributed by atoms with van der Waals surface area (Å²) in [6.45, 7) is 6.88. The molecule has 3 nitrogen and oxygen atoms in total. The molecule has 0 saturated carbocycles. The molecule has 2 heterocycles. The van der Waals surface area contributed by atoms with Gasteiger partial charge in [0.1, 0.15) is 0 Å². The minimum Gasteiger partial charge on any atom is -0.314 e. The van der Waals surface area contributed by atoms with Crippen molar-refractivity contribution in [1.29, 1.82) is 0 Å². The molecule has 0 atom stereocenters. The van der Waals surface area contributed by atoms with Crippen LogP contribution in [0.2, 0.25) is 0 Å². The number of alkyl halides is 3. The third-order valence-electron chi connectivity index (χ3n) is 3.60. The molecule has 2 aliphatic rings. The Labute approximate surface area is 106 Å². The fraction of sp³-hybridized carbons (Fsp3) is 0.833. The second kappa shape index (κ2) is 6.04. The molecule has 1 saturated heterocycles. The average Bonchev–Trinajstić information content (AvgIpc) is 2.37. The molecule has 0 unspecified atom stereocenters. The molecule has 0 spiro atoms. The first-order valence-corrected chi connectivity index (χ1v) is 6.47. The van der Waals surface area contributed by atoms with E-state index in [0.29, 0.717) is 13.1 Å². The van der Waals surface area contributed by atoms with Gasteiger partial charge in [-0.3, -0.25) is 9.80 Å². The van der Waals surface area contributed by atoms with Gasteiger partial charge in [-0.2, -0.15) is 13.2 Å². The van der Waals surface area contributed by atoms with Gasteiger partial charge in [0.2, 0.25) is 0 Å². The number of nitrogens with one attached hydrogen (secondary N) is 1. The Morgan fingerprint density at radius 1 is 1.06 bits per heavy atom. The van der Waals surface area contributed by atoms with Crippen LogP contribution in [0.1, 0.15) is 6.42 Å². The Bertz CT molecular complexity index is 295. The number of piperazine rings is 1. The van der Waals surface area contributed by atoms with E-state index in [1.165, 1.54) is 6.08 Å². The van der Waals surface area contributed by atoms with Crippen molar-refractivity contribution in [2.75, 3.05) is 52.4 Å². The van der Waals surface area contributed by atoms with E-state index in [4.69, 9.17) is 0 Å². The molecule has 0 aromatic carbocycles. The summed E-state index contributed by atoms with van der Waals surface area (Å²) >= 11 is 0. The van der Waals surface area contributed by atoms with Crippen LogP contribution in [0.5, 0.6) is 0 Å². The lowest BCUT2D eigenvalue weighted by Crippen LogP contribution is -2.46. The van der Waals surface area contributed by atoms with E-state index in [1.54, 1.807) is 0 Å². The Hall–Kier alpha value is -0.590. The van der Waals surface area contributed by atoms with Crippen LogP contribution in [0.3, 0.4) is 0 Å². The Balaban J connectivity index is 1.71. The summed E-state index contributed by atoms with van der Waals surface area (Å²) in [5, 5.41) is 3.29. The largest absolute Gasteiger partial charge is 0.412 e. The van der Waals surface area contributed by atoms with Crippen molar-refractivity contribution >= 4 is 0 Å². The molecule has 1 fully saturated rings. The monoisotopic (exact) mass is 263 g/mol. The van der Waals surface area contributed by atoms with Gasteiger partial charge < -0.3 is 5.32 Å². The number of nitrogens with zero attached hydrogens (tertiary/aromatic N) is 2. The van der Waals surface area contributed by atoms with Crippen LogP contribution < -0.4 is 5.32 Å². The summed E-state index contributed by atoms with van der Waals surface area (Å²) in [5.74, 6) is 0. The summed E-state index contributed by atoms with van der Waals surface area (Å²) in [4.78, 5) is 4.46. The molecule has 2 rings (SSSR count). The summed E-state index contributed by atoms with van der Waals surface area (Å²) in [5.41, 5.74) is -0.360. The Morgan fingerprint density at radius 3 is 2.28 bits per heavy atom. The van der Waals surface area contributed by atoms with Gasteiger partial charge in [-0.25, -0.2) is 0 Å².